The molecule has 5 heteroatoms. The van der Waals surface area contributed by atoms with Gasteiger partial charge in [-0.2, -0.15) is 0 Å². The van der Waals surface area contributed by atoms with Gasteiger partial charge in [0.25, 0.3) is 0 Å². The van der Waals surface area contributed by atoms with Crippen molar-refractivity contribution in [3.8, 4) is 0 Å². The van der Waals surface area contributed by atoms with Crippen LogP contribution >= 0.6 is 0 Å². The second-order valence-electron chi connectivity index (χ2n) is 5.51. The molecule has 18 heavy (non-hydrogen) atoms. The lowest BCUT2D eigenvalue weighted by Crippen LogP contribution is -2.49. The molecule has 1 fully saturated rings. The molecule has 0 aromatic carbocycles. The zero-order valence-electron chi connectivity index (χ0n) is 11.4. The molecular weight excluding hydrogens is 234 g/mol. The Morgan fingerprint density at radius 3 is 2.39 bits per heavy atom. The molecular formula is C13H25NO4. The zero-order chi connectivity index (χ0) is 13.6. The Labute approximate surface area is 109 Å². The number of aliphatic hydroxyl groups is 2. The molecule has 1 aliphatic carbocycles. The minimum Gasteiger partial charge on any atom is -0.467 e. The molecule has 0 heterocycles. The van der Waals surface area contributed by atoms with Crippen LogP contribution in [0.4, 0.5) is 0 Å². The summed E-state index contributed by atoms with van der Waals surface area (Å²) < 4.78 is 4.51. The van der Waals surface area contributed by atoms with Gasteiger partial charge in [-0.3, -0.25) is 0 Å². The highest BCUT2D eigenvalue weighted by Gasteiger charge is 2.33. The number of nitrogens with one attached hydrogen (secondary N) is 1. The van der Waals surface area contributed by atoms with Gasteiger partial charge in [-0.15, -0.1) is 0 Å². The van der Waals surface area contributed by atoms with Gasteiger partial charge in [-0.05, 0) is 19.8 Å². The summed E-state index contributed by atoms with van der Waals surface area (Å²) in [4.78, 5) is 11.3. The second-order valence-corrected chi connectivity index (χ2v) is 5.51. The molecule has 0 bridgehead atoms. The smallest absolute Gasteiger partial charge is 0.338 e. The zero-order valence-corrected chi connectivity index (χ0v) is 11.4. The molecule has 0 aromatic rings. The fourth-order valence-corrected chi connectivity index (χ4v) is 2.39. The molecule has 1 saturated carbocycles. The van der Waals surface area contributed by atoms with Crippen molar-refractivity contribution in [2.24, 2.45) is 0 Å². The molecule has 1 aliphatic rings. The highest BCUT2D eigenvalue weighted by molar-refractivity contribution is 5.78. The molecule has 0 aliphatic heterocycles. The van der Waals surface area contributed by atoms with E-state index >= 15 is 0 Å². The van der Waals surface area contributed by atoms with Gasteiger partial charge in [0.1, 0.15) is 0 Å². The van der Waals surface area contributed by atoms with E-state index in [2.05, 4.69) is 10.1 Å². The van der Waals surface area contributed by atoms with Crippen molar-refractivity contribution in [1.29, 1.82) is 0 Å². The topological polar surface area (TPSA) is 78.8 Å². The number of hydrogen-bond acceptors (Lipinski definition) is 5. The van der Waals surface area contributed by atoms with Crippen molar-refractivity contribution in [1.82, 2.24) is 5.32 Å². The van der Waals surface area contributed by atoms with E-state index in [4.69, 9.17) is 0 Å². The number of ether oxygens (including phenoxy) is 1. The Kier molecular flexibility index (Phi) is 5.56. The minimum absolute atomic E-state index is 0.0853. The lowest BCUT2D eigenvalue weighted by molar-refractivity contribution is -0.160. The summed E-state index contributed by atoms with van der Waals surface area (Å²) in [6.45, 7) is 1.89. The summed E-state index contributed by atoms with van der Waals surface area (Å²) in [7, 11) is 1.25. The maximum atomic E-state index is 11.3. The number of rotatable bonds is 5. The molecule has 0 amide bonds. The molecule has 3 N–H and O–H groups in total. The van der Waals surface area contributed by atoms with Crippen molar-refractivity contribution in [3.63, 3.8) is 0 Å². The van der Waals surface area contributed by atoms with Crippen LogP contribution in [0.3, 0.4) is 0 Å². The third kappa shape index (κ3) is 4.55. The monoisotopic (exact) mass is 259 g/mol. The normalized spacial score (nSPS) is 22.9. The summed E-state index contributed by atoms with van der Waals surface area (Å²) in [6.07, 6.45) is 5.96. The lowest BCUT2D eigenvalue weighted by atomic mass is 9.94. The van der Waals surface area contributed by atoms with E-state index in [1.165, 1.54) is 26.9 Å². The van der Waals surface area contributed by atoms with Crippen LogP contribution in [0, 0.1) is 0 Å². The summed E-state index contributed by atoms with van der Waals surface area (Å²) in [5, 5.41) is 23.2. The predicted octanol–water partition coefficient (Wildman–Crippen LogP) is 0.585. The van der Waals surface area contributed by atoms with Gasteiger partial charge >= 0.3 is 5.97 Å². The van der Waals surface area contributed by atoms with E-state index in [-0.39, 0.29) is 6.54 Å². The summed E-state index contributed by atoms with van der Waals surface area (Å²) >= 11 is 0. The first-order chi connectivity index (χ1) is 8.40. The van der Waals surface area contributed by atoms with Gasteiger partial charge in [-0.25, -0.2) is 4.79 Å². The van der Waals surface area contributed by atoms with E-state index in [0.29, 0.717) is 6.54 Å². The fourth-order valence-electron chi connectivity index (χ4n) is 2.39. The first-order valence-electron chi connectivity index (χ1n) is 6.64. The van der Waals surface area contributed by atoms with Crippen LogP contribution in [0.15, 0.2) is 0 Å². The summed E-state index contributed by atoms with van der Waals surface area (Å²) in [6, 6.07) is 0. The maximum Gasteiger partial charge on any atom is 0.338 e. The Morgan fingerprint density at radius 1 is 1.33 bits per heavy atom. The fraction of sp³-hybridized carbons (Fsp3) is 0.923. The highest BCUT2D eigenvalue weighted by atomic mass is 16.5. The number of hydrogen-bond donors (Lipinski definition) is 3. The molecule has 0 radical (unpaired) electrons. The van der Waals surface area contributed by atoms with E-state index in [1.54, 1.807) is 0 Å². The van der Waals surface area contributed by atoms with Gasteiger partial charge < -0.3 is 20.3 Å². The number of carbonyl (C=O) groups excluding carboxylic acids is 1. The second kappa shape index (κ2) is 6.50. The van der Waals surface area contributed by atoms with Crippen LogP contribution in [0.25, 0.3) is 0 Å². The molecule has 106 valence electrons. The molecule has 1 atom stereocenters. The number of carbonyl (C=O) groups is 1. The van der Waals surface area contributed by atoms with Crippen LogP contribution in [0.1, 0.15) is 45.4 Å². The molecule has 5 nitrogen and oxygen atoms in total. The molecule has 0 spiro atoms. The number of esters is 1. The predicted molar refractivity (Wildman–Crippen MR) is 68.2 cm³/mol. The first kappa shape index (κ1) is 15.4. The molecule has 0 aromatic heterocycles. The van der Waals surface area contributed by atoms with E-state index in [0.717, 1.165) is 25.7 Å². The van der Waals surface area contributed by atoms with Crippen LogP contribution in [0.5, 0.6) is 0 Å². The van der Waals surface area contributed by atoms with Crippen molar-refractivity contribution >= 4 is 5.97 Å². The number of methoxy groups -OCH3 is 1. The summed E-state index contributed by atoms with van der Waals surface area (Å²) in [5.41, 5.74) is -2.25. The third-order valence-electron chi connectivity index (χ3n) is 3.58. The standard InChI is InChI=1S/C13H25NO4/c1-12(16,11(15)18-2)9-14-10-13(17)7-5-3-4-6-8-13/h14,16-17H,3-10H2,1-2H3. The van der Waals surface area contributed by atoms with Gasteiger partial charge in [0.15, 0.2) is 5.60 Å². The quantitative estimate of drug-likeness (QED) is 0.497. The molecule has 1 rings (SSSR count). The van der Waals surface area contributed by atoms with E-state index in [1.807, 2.05) is 0 Å². The van der Waals surface area contributed by atoms with Gasteiger partial charge in [0.05, 0.1) is 12.7 Å². The van der Waals surface area contributed by atoms with Crippen LogP contribution in [-0.2, 0) is 9.53 Å². The third-order valence-corrected chi connectivity index (χ3v) is 3.58. The average molecular weight is 259 g/mol. The lowest BCUT2D eigenvalue weighted by Gasteiger charge is -2.29. The SMILES string of the molecule is COC(=O)C(C)(O)CNCC1(O)CCCCCC1. The first-order valence-corrected chi connectivity index (χ1v) is 6.64. The van der Waals surface area contributed by atoms with Crippen molar-refractivity contribution in [2.75, 3.05) is 20.2 Å². The Balaban J connectivity index is 2.38. The average Bonchev–Trinajstić information content (AvgIpc) is 2.53. The molecule has 0 saturated heterocycles. The van der Waals surface area contributed by atoms with Gasteiger partial charge in [0.2, 0.25) is 0 Å². The highest BCUT2D eigenvalue weighted by Crippen LogP contribution is 2.26. The molecule has 1 unspecified atom stereocenters. The van der Waals surface area contributed by atoms with Crippen LogP contribution in [0.2, 0.25) is 0 Å². The van der Waals surface area contributed by atoms with Crippen LogP contribution in [-0.4, -0.2) is 47.6 Å². The maximum absolute atomic E-state index is 11.3. The van der Waals surface area contributed by atoms with Gasteiger partial charge in [-0.1, -0.05) is 25.7 Å². The Bertz CT molecular complexity index is 270. The van der Waals surface area contributed by atoms with E-state index < -0.39 is 17.2 Å². The minimum atomic E-state index is -1.55. The van der Waals surface area contributed by atoms with Crippen molar-refractivity contribution in [2.45, 2.75) is 56.7 Å². The van der Waals surface area contributed by atoms with Crippen LogP contribution < -0.4 is 5.32 Å². The van der Waals surface area contributed by atoms with Crippen molar-refractivity contribution < 1.29 is 19.7 Å². The van der Waals surface area contributed by atoms with Crippen molar-refractivity contribution in [3.05, 3.63) is 0 Å². The van der Waals surface area contributed by atoms with E-state index in [9.17, 15) is 15.0 Å². The largest absolute Gasteiger partial charge is 0.467 e. The Morgan fingerprint density at radius 2 is 1.89 bits per heavy atom. The Hall–Kier alpha value is -0.650. The van der Waals surface area contributed by atoms with Gasteiger partial charge in [0, 0.05) is 13.1 Å². The summed E-state index contributed by atoms with van der Waals surface area (Å²) in [5.74, 6) is -0.664.